The van der Waals surface area contributed by atoms with Gasteiger partial charge in [-0.25, -0.2) is 4.79 Å². The number of unbranched alkanes of at least 4 members (excludes halogenated alkanes) is 6. The third kappa shape index (κ3) is 9.09. The summed E-state index contributed by atoms with van der Waals surface area (Å²) in [6, 6.07) is 25.2. The molecule has 0 radical (unpaired) electrons. The van der Waals surface area contributed by atoms with Crippen LogP contribution in [0.5, 0.6) is 5.75 Å². The van der Waals surface area contributed by atoms with Crippen molar-refractivity contribution in [2.24, 2.45) is 0 Å². The van der Waals surface area contributed by atoms with Crippen LogP contribution in [-0.2, 0) is 4.74 Å². The van der Waals surface area contributed by atoms with Crippen LogP contribution in [-0.4, -0.2) is 64.0 Å². The van der Waals surface area contributed by atoms with Gasteiger partial charge in [0, 0.05) is 48.5 Å². The normalized spacial score (nSPS) is 19.6. The number of nitrogens with one attached hydrogen (secondary N) is 3. The van der Waals surface area contributed by atoms with Gasteiger partial charge in [0.05, 0.1) is 17.3 Å². The van der Waals surface area contributed by atoms with Crippen molar-refractivity contribution in [3.05, 3.63) is 94.8 Å². The third-order valence-electron chi connectivity index (χ3n) is 10.2. The monoisotopic (exact) mass is 666 g/mol. The second-order valence-corrected chi connectivity index (χ2v) is 13.6. The molecule has 3 heterocycles. The molecule has 2 fully saturated rings. The molecule has 2 bridgehead atoms. The number of hydrogen-bond donors (Lipinski definition) is 5. The lowest BCUT2D eigenvalue weighted by Gasteiger charge is -2.38. The molecule has 1 aromatic heterocycles. The number of fused-ring (bicyclic) bond motifs is 3. The van der Waals surface area contributed by atoms with Gasteiger partial charge in [0.1, 0.15) is 11.9 Å². The number of phenols is 1. The van der Waals surface area contributed by atoms with Gasteiger partial charge in [0.2, 0.25) is 5.56 Å². The van der Waals surface area contributed by atoms with Crippen LogP contribution in [0, 0.1) is 0 Å². The second-order valence-electron chi connectivity index (χ2n) is 13.6. The Hall–Kier alpha value is -4.18. The summed E-state index contributed by atoms with van der Waals surface area (Å²) in [6.45, 7) is 2.40. The zero-order valence-electron chi connectivity index (χ0n) is 28.3. The van der Waals surface area contributed by atoms with Crippen molar-refractivity contribution < 1.29 is 19.7 Å². The number of H-pyrrole nitrogens is 1. The molecule has 6 rings (SSSR count). The highest BCUT2D eigenvalue weighted by atomic mass is 16.6. The van der Waals surface area contributed by atoms with Gasteiger partial charge in [-0.3, -0.25) is 15.0 Å². The molecule has 260 valence electrons. The third-order valence-corrected chi connectivity index (χ3v) is 10.2. The Morgan fingerprint density at radius 3 is 2.33 bits per heavy atom. The average Bonchev–Trinajstić information content (AvgIpc) is 3.34. The van der Waals surface area contributed by atoms with Crippen molar-refractivity contribution in [1.29, 1.82) is 0 Å². The van der Waals surface area contributed by atoms with Gasteiger partial charge in [-0.05, 0) is 68.1 Å². The quantitative estimate of drug-likeness (QED) is 0.0784. The summed E-state index contributed by atoms with van der Waals surface area (Å²) in [7, 11) is 0. The standard InChI is InChI=1S/C40H50N4O5/c45-36-21-19-33(34-20-22-38(47)43-39(34)36)37(46)27-41-23-11-4-2-1-3-5-12-24-44-29-17-18-30(44)26-31(25-29)49-40(48)42-35-16-10-9-15-32(35)28-13-7-6-8-14-28/h6-10,13-16,19-22,29-31,37,41,45-46H,1-5,11-12,17-18,23-27H2,(H,42,48)(H,43,47). The molecular formula is C40H50N4O5. The van der Waals surface area contributed by atoms with Crippen molar-refractivity contribution in [3.63, 3.8) is 0 Å². The van der Waals surface area contributed by atoms with Crippen LogP contribution in [0.4, 0.5) is 10.5 Å². The van der Waals surface area contributed by atoms with Crippen molar-refractivity contribution in [1.82, 2.24) is 15.2 Å². The lowest BCUT2D eigenvalue weighted by Crippen LogP contribution is -2.46. The molecule has 2 aliphatic heterocycles. The molecule has 0 aliphatic carbocycles. The molecule has 5 N–H and O–H groups in total. The van der Waals surface area contributed by atoms with Crippen molar-refractivity contribution in [3.8, 4) is 16.9 Å². The minimum absolute atomic E-state index is 0.000820. The first kappa shape index (κ1) is 34.7. The number of phenolic OH excluding ortho intramolecular Hbond substituents is 1. The predicted octanol–water partition coefficient (Wildman–Crippen LogP) is 7.50. The second kappa shape index (κ2) is 17.0. The lowest BCUT2D eigenvalue weighted by atomic mass is 9.99. The molecule has 9 nitrogen and oxygen atoms in total. The van der Waals surface area contributed by atoms with Crippen molar-refractivity contribution in [2.45, 2.75) is 94.9 Å². The number of benzene rings is 3. The maximum absolute atomic E-state index is 12.9. The first-order valence-electron chi connectivity index (χ1n) is 18.1. The number of pyridine rings is 1. The fourth-order valence-electron chi connectivity index (χ4n) is 7.76. The van der Waals surface area contributed by atoms with Crippen LogP contribution in [0.3, 0.4) is 0 Å². The van der Waals surface area contributed by atoms with E-state index in [-0.39, 0.29) is 23.5 Å². The van der Waals surface area contributed by atoms with Gasteiger partial charge in [0.15, 0.2) is 0 Å². The molecule has 3 aromatic carbocycles. The average molecular weight is 667 g/mol. The number of aromatic nitrogens is 1. The summed E-state index contributed by atoms with van der Waals surface area (Å²) in [6.07, 6.45) is 11.5. The highest BCUT2D eigenvalue weighted by Crippen LogP contribution is 2.37. The molecule has 49 heavy (non-hydrogen) atoms. The van der Waals surface area contributed by atoms with E-state index in [9.17, 15) is 19.8 Å². The highest BCUT2D eigenvalue weighted by Gasteiger charge is 2.41. The summed E-state index contributed by atoms with van der Waals surface area (Å²) >= 11 is 0. The molecule has 1 amide bonds. The van der Waals surface area contributed by atoms with E-state index < -0.39 is 6.10 Å². The summed E-state index contributed by atoms with van der Waals surface area (Å²) in [5, 5.41) is 27.8. The number of carbonyl (C=O) groups excluding carboxylic acids is 1. The fourth-order valence-corrected chi connectivity index (χ4v) is 7.76. The maximum atomic E-state index is 12.9. The number of para-hydroxylation sites is 1. The molecule has 3 atom stereocenters. The molecular weight excluding hydrogens is 616 g/mol. The number of aliphatic hydroxyl groups excluding tert-OH is 1. The lowest BCUT2D eigenvalue weighted by molar-refractivity contribution is 0.0228. The van der Waals surface area contributed by atoms with E-state index in [0.717, 1.165) is 55.6 Å². The Morgan fingerprint density at radius 2 is 1.55 bits per heavy atom. The number of amides is 1. The van der Waals surface area contributed by atoms with Gasteiger partial charge < -0.3 is 25.3 Å². The molecule has 0 spiro atoms. The number of carbonyl (C=O) groups is 1. The van der Waals surface area contributed by atoms with Gasteiger partial charge in [-0.15, -0.1) is 0 Å². The van der Waals surface area contributed by atoms with Crippen LogP contribution >= 0.6 is 0 Å². The Bertz CT molecular complexity index is 1710. The minimum Gasteiger partial charge on any atom is -0.506 e. The highest BCUT2D eigenvalue weighted by molar-refractivity contribution is 5.91. The number of nitrogens with zero attached hydrogens (tertiary/aromatic N) is 1. The summed E-state index contributed by atoms with van der Waals surface area (Å²) in [5.41, 5.74) is 3.58. The van der Waals surface area contributed by atoms with E-state index in [1.165, 1.54) is 57.1 Å². The van der Waals surface area contributed by atoms with Gasteiger partial charge >= 0.3 is 6.09 Å². The SMILES string of the molecule is O=C(Nc1ccccc1-c1ccccc1)OC1CC2CCC(C1)N2CCCCCCCCCNCC(O)c1ccc(O)c2[nH]c(=O)ccc12. The zero-order valence-corrected chi connectivity index (χ0v) is 28.3. The topological polar surface area (TPSA) is 127 Å². The van der Waals surface area contributed by atoms with Gasteiger partial charge in [-0.1, -0.05) is 86.7 Å². The van der Waals surface area contributed by atoms with Gasteiger partial charge in [-0.2, -0.15) is 0 Å². The van der Waals surface area contributed by atoms with Crippen molar-refractivity contribution in [2.75, 3.05) is 25.0 Å². The van der Waals surface area contributed by atoms with Crippen LogP contribution < -0.4 is 16.2 Å². The number of aliphatic hydroxyl groups is 1. The van der Waals surface area contributed by atoms with Crippen LogP contribution in [0.15, 0.2) is 83.7 Å². The Kier molecular flexibility index (Phi) is 12.0. The van der Waals surface area contributed by atoms with E-state index in [1.807, 2.05) is 54.6 Å². The van der Waals surface area contributed by atoms with Crippen molar-refractivity contribution >= 4 is 22.7 Å². The molecule has 9 heteroatoms. The van der Waals surface area contributed by atoms with Gasteiger partial charge in [0.25, 0.3) is 0 Å². The number of hydrogen-bond acceptors (Lipinski definition) is 7. The first-order valence-corrected chi connectivity index (χ1v) is 18.1. The van der Waals surface area contributed by atoms with Crippen LogP contribution in [0.2, 0.25) is 0 Å². The summed E-state index contributed by atoms with van der Waals surface area (Å²) < 4.78 is 5.96. The number of rotatable bonds is 16. The van der Waals surface area contributed by atoms with E-state index in [4.69, 9.17) is 4.74 Å². The molecule has 0 saturated carbocycles. The van der Waals surface area contributed by atoms with Crippen LogP contribution in [0.25, 0.3) is 22.0 Å². The first-order chi connectivity index (χ1) is 24.0. The Morgan fingerprint density at radius 1 is 0.857 bits per heavy atom. The number of ether oxygens (including phenoxy) is 1. The molecule has 2 aliphatic rings. The van der Waals surface area contributed by atoms with Crippen LogP contribution in [0.1, 0.15) is 82.3 Å². The fraction of sp³-hybridized carbons (Fsp3) is 0.450. The summed E-state index contributed by atoms with van der Waals surface area (Å²) in [5.74, 6) is -0.000820. The van der Waals surface area contributed by atoms with E-state index in [0.29, 0.717) is 35.1 Å². The summed E-state index contributed by atoms with van der Waals surface area (Å²) in [4.78, 5) is 29.9. The Balaban J connectivity index is 0.819. The van der Waals surface area contributed by atoms with E-state index in [2.05, 4.69) is 20.5 Å². The molecule has 4 aromatic rings. The number of aromatic amines is 1. The largest absolute Gasteiger partial charge is 0.506 e. The number of aromatic hydroxyl groups is 1. The van der Waals surface area contributed by atoms with E-state index >= 15 is 0 Å². The minimum atomic E-state index is -0.726. The maximum Gasteiger partial charge on any atom is 0.411 e. The molecule has 3 unspecified atom stereocenters. The number of anilines is 1. The zero-order chi connectivity index (χ0) is 34.0. The predicted molar refractivity (Wildman–Crippen MR) is 195 cm³/mol. The van der Waals surface area contributed by atoms with E-state index in [1.54, 1.807) is 12.1 Å². The number of piperidine rings is 1. The Labute approximate surface area is 288 Å². The smallest absolute Gasteiger partial charge is 0.411 e. The molecule has 2 saturated heterocycles.